The number of rotatable bonds is 3. The lowest BCUT2D eigenvalue weighted by molar-refractivity contribution is -0.117. The number of thioether (sulfide) groups is 1. The molecule has 1 saturated heterocycles. The first kappa shape index (κ1) is 13.0. The number of benzene rings is 1. The Morgan fingerprint density at radius 2 is 2.39 bits per heavy atom. The average Bonchev–Trinajstić information content (AvgIpc) is 2.71. The van der Waals surface area contributed by atoms with Crippen LogP contribution in [0.15, 0.2) is 35.7 Å². The van der Waals surface area contributed by atoms with E-state index in [1.807, 2.05) is 5.40 Å². The predicted molar refractivity (Wildman–Crippen MR) is 73.6 cm³/mol. The van der Waals surface area contributed by atoms with Crippen molar-refractivity contribution in [2.75, 3.05) is 11.4 Å². The zero-order chi connectivity index (χ0) is 13.1. The molecule has 1 fully saturated rings. The van der Waals surface area contributed by atoms with Crippen LogP contribution in [0.2, 0.25) is 5.02 Å². The molecule has 0 bridgehead atoms. The monoisotopic (exact) mass is 278 g/mol. The third kappa shape index (κ3) is 2.53. The first-order valence-corrected chi connectivity index (χ1v) is 6.63. The summed E-state index contributed by atoms with van der Waals surface area (Å²) in [4.78, 5) is 14.3. The average molecular weight is 279 g/mol. The van der Waals surface area contributed by atoms with Crippen LogP contribution in [0.25, 0.3) is 0 Å². The maximum Gasteiger partial charge on any atom is 0.227 e. The molecule has 92 valence electrons. The minimum absolute atomic E-state index is 0.0579. The second-order valence-electron chi connectivity index (χ2n) is 4.01. The minimum Gasteiger partial charge on any atom is -0.310 e. The van der Waals surface area contributed by atoms with Crippen molar-refractivity contribution < 1.29 is 4.79 Å². The van der Waals surface area contributed by atoms with E-state index in [0.29, 0.717) is 23.7 Å². The Morgan fingerprint density at radius 3 is 2.94 bits per heavy atom. The molecule has 1 atom stereocenters. The number of amides is 1. The molecule has 0 spiro atoms. The molecule has 0 N–H and O–H groups in total. The number of anilines is 1. The molecule has 5 heteroatoms. The van der Waals surface area contributed by atoms with E-state index in [4.69, 9.17) is 16.9 Å². The first-order valence-electron chi connectivity index (χ1n) is 5.44. The molecule has 0 saturated carbocycles. The molecular formula is C13H11ClN2OS. The zero-order valence-electron chi connectivity index (χ0n) is 9.60. The molecule has 0 aromatic heterocycles. The van der Waals surface area contributed by atoms with E-state index in [9.17, 15) is 4.79 Å². The fourth-order valence-electron chi connectivity index (χ4n) is 1.95. The highest BCUT2D eigenvalue weighted by Gasteiger charge is 2.29. The van der Waals surface area contributed by atoms with Crippen molar-refractivity contribution in [2.45, 2.75) is 11.3 Å². The predicted octanol–water partition coefficient (Wildman–Crippen LogP) is 3.45. The van der Waals surface area contributed by atoms with Crippen molar-refractivity contribution in [1.82, 2.24) is 0 Å². The second-order valence-corrected chi connectivity index (χ2v) is 5.28. The normalized spacial score (nSPS) is 18.8. The molecule has 1 aliphatic heterocycles. The van der Waals surface area contributed by atoms with Crippen LogP contribution in [-0.2, 0) is 4.79 Å². The quantitative estimate of drug-likeness (QED) is 0.483. The fourth-order valence-corrected chi connectivity index (χ4v) is 2.71. The molecule has 18 heavy (non-hydrogen) atoms. The molecule has 1 aliphatic rings. The van der Waals surface area contributed by atoms with Crippen molar-refractivity contribution >= 4 is 35.0 Å². The summed E-state index contributed by atoms with van der Waals surface area (Å²) >= 11 is 7.21. The Labute approximate surface area is 115 Å². The third-order valence-electron chi connectivity index (χ3n) is 2.86. The van der Waals surface area contributed by atoms with E-state index in [2.05, 4.69) is 6.58 Å². The lowest BCUT2D eigenvalue weighted by atomic mass is 10.1. The van der Waals surface area contributed by atoms with Gasteiger partial charge in [-0.25, -0.2) is 0 Å². The summed E-state index contributed by atoms with van der Waals surface area (Å²) in [5.74, 6) is 0.240. The summed E-state index contributed by atoms with van der Waals surface area (Å²) in [6.07, 6.45) is 2.28. The largest absolute Gasteiger partial charge is 0.310 e. The molecule has 0 aliphatic carbocycles. The maximum atomic E-state index is 11.9. The van der Waals surface area contributed by atoms with Crippen molar-refractivity contribution in [3.05, 3.63) is 35.9 Å². The first-order chi connectivity index (χ1) is 8.65. The number of thiocyanates is 1. The van der Waals surface area contributed by atoms with Gasteiger partial charge in [-0.05, 0) is 30.0 Å². The van der Waals surface area contributed by atoms with Crippen molar-refractivity contribution in [1.29, 1.82) is 5.26 Å². The summed E-state index contributed by atoms with van der Waals surface area (Å²) in [5.41, 5.74) is 0.702. The highest BCUT2D eigenvalue weighted by molar-refractivity contribution is 8.03. The molecular weight excluding hydrogens is 268 g/mol. The van der Waals surface area contributed by atoms with Crippen molar-refractivity contribution in [2.24, 2.45) is 5.92 Å². The zero-order valence-corrected chi connectivity index (χ0v) is 11.2. The van der Waals surface area contributed by atoms with Crippen molar-refractivity contribution in [3.63, 3.8) is 0 Å². The molecule has 1 aromatic rings. The molecule has 2 rings (SSSR count). The molecule has 1 amide bonds. The van der Waals surface area contributed by atoms with Crippen molar-refractivity contribution in [3.8, 4) is 5.40 Å². The SMILES string of the molecule is C=CC1CC(=O)N(c2ccc(SC#N)cc2Cl)C1. The molecule has 1 unspecified atom stereocenters. The Morgan fingerprint density at radius 1 is 1.61 bits per heavy atom. The van der Waals surface area contributed by atoms with Gasteiger partial charge in [0.15, 0.2) is 0 Å². The van der Waals surface area contributed by atoms with E-state index in [1.165, 1.54) is 0 Å². The van der Waals surface area contributed by atoms with E-state index in [-0.39, 0.29) is 11.8 Å². The lowest BCUT2D eigenvalue weighted by Crippen LogP contribution is -2.24. The highest BCUT2D eigenvalue weighted by Crippen LogP contribution is 2.34. The number of carbonyl (C=O) groups excluding carboxylic acids is 1. The molecule has 3 nitrogen and oxygen atoms in total. The topological polar surface area (TPSA) is 44.1 Å². The molecule has 1 heterocycles. The van der Waals surface area contributed by atoms with E-state index >= 15 is 0 Å². The Hall–Kier alpha value is -1.44. The van der Waals surface area contributed by atoms with E-state index in [0.717, 1.165) is 16.7 Å². The van der Waals surface area contributed by atoms with Gasteiger partial charge >= 0.3 is 0 Å². The van der Waals surface area contributed by atoms with Crippen LogP contribution in [0.1, 0.15) is 6.42 Å². The Balaban J connectivity index is 2.27. The van der Waals surface area contributed by atoms with Gasteiger partial charge in [-0.3, -0.25) is 4.79 Å². The van der Waals surface area contributed by atoms with E-state index in [1.54, 1.807) is 29.2 Å². The second kappa shape index (κ2) is 5.47. The van der Waals surface area contributed by atoms with Gasteiger partial charge in [0.25, 0.3) is 0 Å². The highest BCUT2D eigenvalue weighted by atomic mass is 35.5. The summed E-state index contributed by atoms with van der Waals surface area (Å²) in [7, 11) is 0. The van der Waals surface area contributed by atoms with Crippen LogP contribution in [0.5, 0.6) is 0 Å². The van der Waals surface area contributed by atoms with Gasteiger partial charge in [-0.2, -0.15) is 5.26 Å². The van der Waals surface area contributed by atoms with Crippen LogP contribution in [-0.4, -0.2) is 12.5 Å². The summed E-state index contributed by atoms with van der Waals surface area (Å²) in [6.45, 7) is 4.33. The number of nitriles is 1. The van der Waals surface area contributed by atoms with Gasteiger partial charge in [0.2, 0.25) is 5.91 Å². The van der Waals surface area contributed by atoms with Crippen LogP contribution < -0.4 is 4.90 Å². The number of halogens is 1. The maximum absolute atomic E-state index is 11.9. The van der Waals surface area contributed by atoms with Gasteiger partial charge < -0.3 is 4.90 Å². The van der Waals surface area contributed by atoms with Crippen LogP contribution in [0, 0.1) is 16.6 Å². The lowest BCUT2D eigenvalue weighted by Gasteiger charge is -2.18. The number of nitrogens with zero attached hydrogens (tertiary/aromatic N) is 2. The Bertz CT molecular complexity index is 538. The number of carbonyl (C=O) groups is 1. The molecule has 0 radical (unpaired) electrons. The smallest absolute Gasteiger partial charge is 0.227 e. The summed E-state index contributed by atoms with van der Waals surface area (Å²) in [6, 6.07) is 5.29. The number of hydrogen-bond acceptors (Lipinski definition) is 3. The third-order valence-corrected chi connectivity index (χ3v) is 3.75. The Kier molecular flexibility index (Phi) is 3.95. The fraction of sp³-hybridized carbons (Fsp3) is 0.231. The summed E-state index contributed by atoms with van der Waals surface area (Å²) in [5, 5.41) is 11.1. The van der Waals surface area contributed by atoms with Gasteiger partial charge in [0, 0.05) is 23.8 Å². The van der Waals surface area contributed by atoms with Gasteiger partial charge in [-0.15, -0.1) is 6.58 Å². The van der Waals surface area contributed by atoms with Crippen LogP contribution in [0.4, 0.5) is 5.69 Å². The van der Waals surface area contributed by atoms with Crippen LogP contribution >= 0.6 is 23.4 Å². The standard InChI is InChI=1S/C13H11ClN2OS/c1-2-9-5-13(17)16(7-9)12-4-3-10(18-8-15)6-11(12)14/h2-4,6,9H,1,5,7H2. The number of hydrogen-bond donors (Lipinski definition) is 0. The van der Waals surface area contributed by atoms with Crippen LogP contribution in [0.3, 0.4) is 0 Å². The minimum atomic E-state index is 0.0579. The van der Waals surface area contributed by atoms with Gasteiger partial charge in [0.05, 0.1) is 10.7 Å². The van der Waals surface area contributed by atoms with Gasteiger partial charge in [-0.1, -0.05) is 17.7 Å². The van der Waals surface area contributed by atoms with Gasteiger partial charge in [0.1, 0.15) is 5.40 Å². The van der Waals surface area contributed by atoms with E-state index < -0.39 is 0 Å². The molecule has 1 aromatic carbocycles. The summed E-state index contributed by atoms with van der Waals surface area (Å²) < 4.78 is 0.